The van der Waals surface area contributed by atoms with E-state index in [2.05, 4.69) is 39.9 Å². The predicted molar refractivity (Wildman–Crippen MR) is 82.2 cm³/mol. The molecule has 4 aliphatic rings. The Morgan fingerprint density at radius 3 is 2.20 bits per heavy atom. The van der Waals surface area contributed by atoms with E-state index in [-0.39, 0.29) is 16.7 Å². The summed E-state index contributed by atoms with van der Waals surface area (Å²) in [5.74, 6) is 3.80. The average molecular weight is 277 g/mol. The molecule has 4 rings (SSSR count). The first-order valence-electron chi connectivity index (χ1n) is 8.47. The summed E-state index contributed by atoms with van der Waals surface area (Å²) in [5, 5.41) is 3.46. The Balaban J connectivity index is 1.63. The minimum Gasteiger partial charge on any atom is -0.352 e. The Morgan fingerprint density at radius 2 is 1.60 bits per heavy atom. The Bertz CT molecular complexity index is 398. The molecule has 3 atom stereocenters. The second kappa shape index (κ2) is 4.48. The maximum Gasteiger partial charge on any atom is 0.225 e. The third-order valence-corrected chi connectivity index (χ3v) is 5.74. The fourth-order valence-electron chi connectivity index (χ4n) is 5.01. The van der Waals surface area contributed by atoms with Crippen LogP contribution in [0.4, 0.5) is 0 Å². The van der Waals surface area contributed by atoms with Gasteiger partial charge in [0, 0.05) is 11.5 Å². The molecule has 2 heteroatoms. The Morgan fingerprint density at radius 1 is 1.00 bits per heavy atom. The molecule has 0 aromatic carbocycles. The molecule has 0 radical (unpaired) electrons. The summed E-state index contributed by atoms with van der Waals surface area (Å²) in [7, 11) is 0. The molecule has 0 spiro atoms. The highest BCUT2D eigenvalue weighted by Crippen LogP contribution is 2.58. The van der Waals surface area contributed by atoms with Crippen molar-refractivity contribution in [2.75, 3.05) is 0 Å². The van der Waals surface area contributed by atoms with Crippen molar-refractivity contribution in [2.45, 2.75) is 72.8 Å². The number of amides is 1. The monoisotopic (exact) mass is 277 g/mol. The van der Waals surface area contributed by atoms with E-state index in [1.165, 1.54) is 25.7 Å². The Hall–Kier alpha value is -0.530. The molecule has 20 heavy (non-hydrogen) atoms. The highest BCUT2D eigenvalue weighted by molar-refractivity contribution is 5.82. The second-order valence-corrected chi connectivity index (χ2v) is 9.61. The van der Waals surface area contributed by atoms with E-state index in [1.54, 1.807) is 0 Å². The van der Waals surface area contributed by atoms with E-state index >= 15 is 0 Å². The minimum atomic E-state index is -0.252. The maximum absolute atomic E-state index is 12.7. The molecule has 1 amide bonds. The zero-order valence-electron chi connectivity index (χ0n) is 13.8. The van der Waals surface area contributed by atoms with E-state index < -0.39 is 0 Å². The Labute approximate surface area is 124 Å². The molecule has 4 saturated carbocycles. The fourth-order valence-corrected chi connectivity index (χ4v) is 5.01. The van der Waals surface area contributed by atoms with Crippen molar-refractivity contribution in [3.05, 3.63) is 0 Å². The van der Waals surface area contributed by atoms with Crippen LogP contribution in [-0.2, 0) is 4.79 Å². The average Bonchev–Trinajstić information content (AvgIpc) is 2.94. The largest absolute Gasteiger partial charge is 0.352 e. The summed E-state index contributed by atoms with van der Waals surface area (Å²) in [6.45, 7) is 10.9. The van der Waals surface area contributed by atoms with Gasteiger partial charge >= 0.3 is 0 Å². The molecule has 0 saturated heterocycles. The van der Waals surface area contributed by atoms with Crippen LogP contribution < -0.4 is 5.32 Å². The minimum absolute atomic E-state index is 0.202. The topological polar surface area (TPSA) is 29.1 Å². The van der Waals surface area contributed by atoms with E-state index in [0.29, 0.717) is 6.04 Å². The smallest absolute Gasteiger partial charge is 0.225 e. The first-order valence-corrected chi connectivity index (χ1v) is 8.47. The van der Waals surface area contributed by atoms with Gasteiger partial charge in [0.2, 0.25) is 5.91 Å². The normalized spacial score (nSPS) is 39.4. The lowest BCUT2D eigenvalue weighted by atomic mass is 9.70. The van der Waals surface area contributed by atoms with Crippen molar-refractivity contribution in [3.8, 4) is 0 Å². The third-order valence-electron chi connectivity index (χ3n) is 5.74. The van der Waals surface area contributed by atoms with Gasteiger partial charge in [0.1, 0.15) is 0 Å². The van der Waals surface area contributed by atoms with Crippen LogP contribution in [0.3, 0.4) is 0 Å². The fraction of sp³-hybridized carbons (Fsp3) is 0.944. The van der Waals surface area contributed by atoms with Gasteiger partial charge in [0.05, 0.1) is 0 Å². The van der Waals surface area contributed by atoms with Crippen LogP contribution in [-0.4, -0.2) is 11.9 Å². The summed E-state index contributed by atoms with van der Waals surface area (Å²) in [4.78, 5) is 12.7. The highest BCUT2D eigenvalue weighted by Gasteiger charge is 2.54. The number of nitrogens with one attached hydrogen (secondary N) is 1. The second-order valence-electron chi connectivity index (χ2n) is 9.61. The van der Waals surface area contributed by atoms with Gasteiger partial charge in [-0.05, 0) is 61.2 Å². The zero-order chi connectivity index (χ0) is 14.7. The van der Waals surface area contributed by atoms with Gasteiger partial charge in [-0.15, -0.1) is 0 Å². The number of hydrogen-bond acceptors (Lipinski definition) is 1. The lowest BCUT2D eigenvalue weighted by Crippen LogP contribution is -2.50. The number of hydrogen-bond donors (Lipinski definition) is 1. The van der Waals surface area contributed by atoms with E-state index in [4.69, 9.17) is 0 Å². The Kier molecular flexibility index (Phi) is 3.23. The number of carbonyl (C=O) groups excluding carboxylic acids is 1. The lowest BCUT2D eigenvalue weighted by Gasteiger charge is -2.40. The van der Waals surface area contributed by atoms with Gasteiger partial charge in [0.15, 0.2) is 0 Å². The van der Waals surface area contributed by atoms with Crippen molar-refractivity contribution >= 4 is 5.91 Å². The van der Waals surface area contributed by atoms with Crippen molar-refractivity contribution in [1.29, 1.82) is 0 Å². The summed E-state index contributed by atoms with van der Waals surface area (Å²) in [5.41, 5.74) is -0.0495. The number of rotatable bonds is 3. The molecule has 4 fully saturated rings. The molecule has 2 bridgehead atoms. The van der Waals surface area contributed by atoms with Crippen molar-refractivity contribution in [3.63, 3.8) is 0 Å². The first-order chi connectivity index (χ1) is 9.16. The molecule has 3 unspecified atom stereocenters. The first kappa shape index (κ1) is 14.4. The third kappa shape index (κ3) is 2.76. The molecular formula is C18H31NO. The van der Waals surface area contributed by atoms with Crippen LogP contribution in [0.5, 0.6) is 0 Å². The molecule has 4 aliphatic carbocycles. The van der Waals surface area contributed by atoms with E-state index in [0.717, 1.165) is 30.1 Å². The molecule has 0 heterocycles. The summed E-state index contributed by atoms with van der Waals surface area (Å²) >= 11 is 0. The molecule has 0 aromatic heterocycles. The van der Waals surface area contributed by atoms with Gasteiger partial charge in [-0.1, -0.05) is 34.6 Å². The predicted octanol–water partition coefficient (Wildman–Crippen LogP) is 4.00. The van der Waals surface area contributed by atoms with Crippen LogP contribution in [0, 0.1) is 34.5 Å². The van der Waals surface area contributed by atoms with Crippen LogP contribution in [0.1, 0.15) is 66.7 Å². The lowest BCUT2D eigenvalue weighted by molar-refractivity contribution is -0.132. The van der Waals surface area contributed by atoms with Gasteiger partial charge in [0.25, 0.3) is 0 Å². The SMILES string of the molecule is CC(C)(C)CC(C)(C)C(=O)NC1C2CC(CC3CC31)C2. The molecule has 1 N–H and O–H groups in total. The van der Waals surface area contributed by atoms with E-state index in [9.17, 15) is 4.79 Å². The molecule has 0 aliphatic heterocycles. The van der Waals surface area contributed by atoms with Crippen LogP contribution in [0.25, 0.3) is 0 Å². The molecule has 2 nitrogen and oxygen atoms in total. The quantitative estimate of drug-likeness (QED) is 0.830. The molecular weight excluding hydrogens is 246 g/mol. The van der Waals surface area contributed by atoms with Gasteiger partial charge in [-0.3, -0.25) is 4.79 Å². The van der Waals surface area contributed by atoms with Crippen molar-refractivity contribution in [1.82, 2.24) is 5.32 Å². The van der Waals surface area contributed by atoms with E-state index in [1.807, 2.05) is 0 Å². The molecule has 0 aromatic rings. The maximum atomic E-state index is 12.7. The van der Waals surface area contributed by atoms with Gasteiger partial charge < -0.3 is 5.32 Å². The van der Waals surface area contributed by atoms with Crippen molar-refractivity contribution in [2.24, 2.45) is 34.5 Å². The van der Waals surface area contributed by atoms with Crippen LogP contribution in [0.15, 0.2) is 0 Å². The zero-order valence-corrected chi connectivity index (χ0v) is 13.8. The van der Waals surface area contributed by atoms with Crippen LogP contribution in [0.2, 0.25) is 0 Å². The van der Waals surface area contributed by atoms with Gasteiger partial charge in [-0.2, -0.15) is 0 Å². The molecule has 114 valence electrons. The summed E-state index contributed by atoms with van der Waals surface area (Å²) in [6.07, 6.45) is 6.51. The van der Waals surface area contributed by atoms with Gasteiger partial charge in [-0.25, -0.2) is 0 Å². The summed E-state index contributed by atoms with van der Waals surface area (Å²) < 4.78 is 0. The standard InChI is InChI=1S/C18H31NO/c1-17(2,3)10-18(4,5)16(20)19-15-13-7-11(8-13)6-12-9-14(12)15/h11-15H,6-10H2,1-5H3,(H,19,20). The highest BCUT2D eigenvalue weighted by atomic mass is 16.2. The summed E-state index contributed by atoms with van der Waals surface area (Å²) in [6, 6.07) is 0.491. The number of carbonyl (C=O) groups is 1. The van der Waals surface area contributed by atoms with Crippen molar-refractivity contribution < 1.29 is 4.79 Å². The van der Waals surface area contributed by atoms with Crippen LogP contribution >= 0.6 is 0 Å².